The molecule has 0 radical (unpaired) electrons. The molecule has 11 nitrogen and oxygen atoms in total. The maximum atomic E-state index is 11.2. The van der Waals surface area contributed by atoms with Gasteiger partial charge in [0.05, 0.1) is 0 Å². The topological polar surface area (TPSA) is 131 Å². The first kappa shape index (κ1) is 10.8. The zero-order valence-electron chi connectivity index (χ0n) is 8.37. The van der Waals surface area contributed by atoms with E-state index in [9.17, 15) is 9.59 Å². The van der Waals surface area contributed by atoms with E-state index in [1.807, 2.05) is 0 Å². The summed E-state index contributed by atoms with van der Waals surface area (Å²) in [6.07, 6.45) is 2.46. The molecular formula is C6H6N8O3. The van der Waals surface area contributed by atoms with Crippen molar-refractivity contribution in [2.45, 2.75) is 13.1 Å². The zero-order chi connectivity index (χ0) is 12.1. The number of esters is 2. The predicted molar refractivity (Wildman–Crippen MR) is 46.7 cm³/mol. The van der Waals surface area contributed by atoms with Crippen LogP contribution in [0, 0.1) is 0 Å². The number of tetrazole rings is 2. The molecule has 0 amide bonds. The van der Waals surface area contributed by atoms with E-state index in [1.165, 1.54) is 12.7 Å². The summed E-state index contributed by atoms with van der Waals surface area (Å²) >= 11 is 0. The van der Waals surface area contributed by atoms with E-state index >= 15 is 0 Å². The Bertz CT molecular complexity index is 445. The molecule has 0 atom stereocenters. The summed E-state index contributed by atoms with van der Waals surface area (Å²) in [7, 11) is 0. The lowest BCUT2D eigenvalue weighted by molar-refractivity contribution is -0.160. The molecule has 0 saturated carbocycles. The molecule has 0 fully saturated rings. The van der Waals surface area contributed by atoms with Crippen LogP contribution in [0.1, 0.15) is 0 Å². The molecule has 0 N–H and O–H groups in total. The fraction of sp³-hybridized carbons (Fsp3) is 0.333. The van der Waals surface area contributed by atoms with Crippen molar-refractivity contribution >= 4 is 11.9 Å². The number of carbonyl (C=O) groups is 2. The van der Waals surface area contributed by atoms with Crippen LogP contribution in [0.2, 0.25) is 0 Å². The molecular weight excluding hydrogens is 232 g/mol. The maximum absolute atomic E-state index is 11.2. The summed E-state index contributed by atoms with van der Waals surface area (Å²) in [6, 6.07) is 0. The van der Waals surface area contributed by atoms with Gasteiger partial charge < -0.3 is 4.74 Å². The minimum atomic E-state index is -0.768. The van der Waals surface area contributed by atoms with E-state index in [-0.39, 0.29) is 13.1 Å². The van der Waals surface area contributed by atoms with E-state index in [2.05, 4.69) is 35.8 Å². The second-order valence-electron chi connectivity index (χ2n) is 2.86. The molecule has 0 saturated heterocycles. The fourth-order valence-electron chi connectivity index (χ4n) is 0.961. The van der Waals surface area contributed by atoms with Gasteiger partial charge in [-0.15, -0.1) is 10.2 Å². The molecule has 17 heavy (non-hydrogen) atoms. The van der Waals surface area contributed by atoms with Gasteiger partial charge in [0, 0.05) is 0 Å². The van der Waals surface area contributed by atoms with Crippen molar-refractivity contribution < 1.29 is 14.3 Å². The third-order valence-corrected chi connectivity index (χ3v) is 1.59. The van der Waals surface area contributed by atoms with E-state index < -0.39 is 11.9 Å². The Balaban J connectivity index is 1.80. The minimum absolute atomic E-state index is 0.242. The first-order valence-electron chi connectivity index (χ1n) is 4.39. The Morgan fingerprint density at radius 2 is 1.41 bits per heavy atom. The molecule has 2 heterocycles. The molecule has 11 heteroatoms. The second-order valence-corrected chi connectivity index (χ2v) is 2.86. The quantitative estimate of drug-likeness (QED) is 0.416. The van der Waals surface area contributed by atoms with Crippen LogP contribution in [0.25, 0.3) is 0 Å². The van der Waals surface area contributed by atoms with Gasteiger partial charge in [-0.1, -0.05) is 0 Å². The van der Waals surface area contributed by atoms with Crippen molar-refractivity contribution in [3.63, 3.8) is 0 Å². The monoisotopic (exact) mass is 238 g/mol. The molecule has 0 aliphatic rings. The molecule has 0 spiro atoms. The lowest BCUT2D eigenvalue weighted by atomic mass is 10.6. The van der Waals surface area contributed by atoms with Crippen LogP contribution in [0.5, 0.6) is 0 Å². The number of aromatic nitrogens is 8. The Morgan fingerprint density at radius 1 is 0.941 bits per heavy atom. The van der Waals surface area contributed by atoms with Crippen molar-refractivity contribution in [3.8, 4) is 0 Å². The zero-order valence-corrected chi connectivity index (χ0v) is 8.37. The van der Waals surface area contributed by atoms with Crippen molar-refractivity contribution in [1.82, 2.24) is 40.4 Å². The van der Waals surface area contributed by atoms with Gasteiger partial charge in [0.1, 0.15) is 25.7 Å². The van der Waals surface area contributed by atoms with Gasteiger partial charge in [-0.3, -0.25) is 0 Å². The van der Waals surface area contributed by atoms with Crippen molar-refractivity contribution in [2.24, 2.45) is 0 Å². The van der Waals surface area contributed by atoms with Gasteiger partial charge in [0.2, 0.25) is 0 Å². The van der Waals surface area contributed by atoms with Crippen LogP contribution < -0.4 is 0 Å². The molecule has 88 valence electrons. The van der Waals surface area contributed by atoms with Crippen molar-refractivity contribution in [2.75, 3.05) is 0 Å². The number of hydrogen-bond donors (Lipinski definition) is 0. The average Bonchev–Trinajstić information content (AvgIpc) is 2.90. The Hall–Kier alpha value is -2.72. The van der Waals surface area contributed by atoms with E-state index in [4.69, 9.17) is 0 Å². The third-order valence-electron chi connectivity index (χ3n) is 1.59. The van der Waals surface area contributed by atoms with E-state index in [0.717, 1.165) is 9.36 Å². The van der Waals surface area contributed by atoms with E-state index in [0.29, 0.717) is 0 Å². The number of ether oxygens (including phenoxy) is 1. The fourth-order valence-corrected chi connectivity index (χ4v) is 0.961. The molecule has 2 aromatic heterocycles. The molecule has 0 aliphatic heterocycles. The van der Waals surface area contributed by atoms with Crippen LogP contribution in [0.15, 0.2) is 12.7 Å². The normalized spacial score (nSPS) is 10.1. The smallest absolute Gasteiger partial charge is 0.335 e. The van der Waals surface area contributed by atoms with Crippen LogP contribution in [0.4, 0.5) is 0 Å². The van der Waals surface area contributed by atoms with E-state index in [1.54, 1.807) is 0 Å². The Morgan fingerprint density at radius 3 is 1.76 bits per heavy atom. The number of hydrogen-bond acceptors (Lipinski definition) is 9. The molecule has 0 aliphatic carbocycles. The maximum Gasteiger partial charge on any atom is 0.335 e. The molecule has 0 aromatic carbocycles. The lowest BCUT2D eigenvalue weighted by Crippen LogP contribution is -2.21. The SMILES string of the molecule is O=C(Cn1cnnn1)OC(=O)Cn1cnnn1. The summed E-state index contributed by atoms with van der Waals surface area (Å²) in [4.78, 5) is 22.5. The average molecular weight is 238 g/mol. The number of nitrogens with zero attached hydrogens (tertiary/aromatic N) is 8. The Labute approximate surface area is 93.4 Å². The first-order valence-corrected chi connectivity index (χ1v) is 4.39. The highest BCUT2D eigenvalue weighted by atomic mass is 16.6. The summed E-state index contributed by atoms with van der Waals surface area (Å²) in [5, 5.41) is 20.2. The molecule has 0 unspecified atom stereocenters. The van der Waals surface area contributed by atoms with Gasteiger partial charge in [0.25, 0.3) is 0 Å². The molecule has 2 aromatic rings. The largest absolute Gasteiger partial charge is 0.390 e. The van der Waals surface area contributed by atoms with Gasteiger partial charge in [-0.25, -0.2) is 19.0 Å². The van der Waals surface area contributed by atoms with Crippen LogP contribution in [-0.4, -0.2) is 52.4 Å². The highest BCUT2D eigenvalue weighted by Gasteiger charge is 2.12. The van der Waals surface area contributed by atoms with Crippen LogP contribution in [-0.2, 0) is 27.4 Å². The number of rotatable bonds is 4. The standard InChI is InChI=1S/C6H6N8O3/c15-5(1-13-3-7-9-11-13)17-6(16)2-14-4-8-10-12-14/h3-4H,1-2H2. The van der Waals surface area contributed by atoms with Crippen molar-refractivity contribution in [1.29, 1.82) is 0 Å². The van der Waals surface area contributed by atoms with Crippen LogP contribution in [0.3, 0.4) is 0 Å². The van der Waals surface area contributed by atoms with Gasteiger partial charge in [-0.05, 0) is 20.9 Å². The first-order chi connectivity index (χ1) is 8.24. The highest BCUT2D eigenvalue weighted by molar-refractivity contribution is 5.85. The summed E-state index contributed by atoms with van der Waals surface area (Å²) < 4.78 is 6.75. The minimum Gasteiger partial charge on any atom is -0.390 e. The lowest BCUT2D eigenvalue weighted by Gasteiger charge is -2.01. The second kappa shape index (κ2) is 4.87. The molecule has 0 bridgehead atoms. The number of carbonyl (C=O) groups excluding carboxylic acids is 2. The van der Waals surface area contributed by atoms with Crippen LogP contribution >= 0.6 is 0 Å². The third kappa shape index (κ3) is 3.12. The predicted octanol–water partition coefficient (Wildman–Crippen LogP) is -2.57. The van der Waals surface area contributed by atoms with Gasteiger partial charge >= 0.3 is 11.9 Å². The Kier molecular flexibility index (Phi) is 3.09. The van der Waals surface area contributed by atoms with Gasteiger partial charge in [0.15, 0.2) is 0 Å². The van der Waals surface area contributed by atoms with Gasteiger partial charge in [-0.2, -0.15) is 0 Å². The summed E-state index contributed by atoms with van der Waals surface area (Å²) in [5.41, 5.74) is 0. The van der Waals surface area contributed by atoms with Crippen molar-refractivity contribution in [3.05, 3.63) is 12.7 Å². The molecule has 2 rings (SSSR count). The summed E-state index contributed by atoms with van der Waals surface area (Å²) in [6.45, 7) is -0.483. The highest BCUT2D eigenvalue weighted by Crippen LogP contribution is 1.88. The summed E-state index contributed by atoms with van der Waals surface area (Å²) in [5.74, 6) is -1.54.